The number of aryl methyl sites for hydroxylation is 1. The molecular weight excluding hydrogens is 356 g/mol. The fourth-order valence-corrected chi connectivity index (χ4v) is 3.35. The van der Waals surface area contributed by atoms with Crippen LogP contribution in [0.1, 0.15) is 15.9 Å². The molecule has 0 aliphatic rings. The lowest BCUT2D eigenvalue weighted by Gasteiger charge is -2.11. The summed E-state index contributed by atoms with van der Waals surface area (Å²) in [6, 6.07) is 10.7. The average Bonchev–Trinajstić information content (AvgIpc) is 2.42. The molecule has 2 aromatic rings. The van der Waals surface area contributed by atoms with Crippen molar-refractivity contribution in [2.75, 3.05) is 4.72 Å². The number of rotatable bonds is 4. The largest absolute Gasteiger partial charge is 0.366 e. The lowest BCUT2D eigenvalue weighted by Crippen LogP contribution is -2.15. The number of carbonyl (C=O) groups excluding carboxylic acids is 1. The molecule has 0 aromatic heterocycles. The summed E-state index contributed by atoms with van der Waals surface area (Å²) < 4.78 is 27.9. The number of sulfonamides is 1. The Morgan fingerprint density at radius 3 is 2.29 bits per heavy atom. The van der Waals surface area contributed by atoms with E-state index in [4.69, 9.17) is 5.73 Å². The number of halogens is 1. The van der Waals surface area contributed by atoms with E-state index in [0.717, 1.165) is 10.0 Å². The maximum absolute atomic E-state index is 12.3. The Hall–Kier alpha value is -1.86. The average molecular weight is 369 g/mol. The van der Waals surface area contributed by atoms with Gasteiger partial charge in [-0.2, -0.15) is 0 Å². The number of primary amides is 1. The molecule has 0 atom stereocenters. The Balaban J connectivity index is 2.31. The number of hydrogen-bond acceptors (Lipinski definition) is 3. The van der Waals surface area contributed by atoms with Crippen molar-refractivity contribution in [2.24, 2.45) is 5.73 Å². The highest BCUT2D eigenvalue weighted by molar-refractivity contribution is 9.10. The Bertz CT molecular complexity index is 786. The first-order valence-corrected chi connectivity index (χ1v) is 8.26. The number of amides is 1. The normalized spacial score (nSPS) is 11.1. The second-order valence-electron chi connectivity index (χ2n) is 4.45. The summed E-state index contributed by atoms with van der Waals surface area (Å²) in [7, 11) is -3.71. The first-order valence-electron chi connectivity index (χ1n) is 5.98. The van der Waals surface area contributed by atoms with Crippen molar-refractivity contribution < 1.29 is 13.2 Å². The van der Waals surface area contributed by atoms with Gasteiger partial charge in [0.25, 0.3) is 10.0 Å². The van der Waals surface area contributed by atoms with Gasteiger partial charge in [0.2, 0.25) is 5.91 Å². The summed E-state index contributed by atoms with van der Waals surface area (Å²) in [4.78, 5) is 11.0. The summed E-state index contributed by atoms with van der Waals surface area (Å²) >= 11 is 3.32. The van der Waals surface area contributed by atoms with E-state index in [-0.39, 0.29) is 10.5 Å². The lowest BCUT2D eigenvalue weighted by atomic mass is 10.2. The van der Waals surface area contributed by atoms with Crippen molar-refractivity contribution in [3.63, 3.8) is 0 Å². The Kier molecular flexibility index (Phi) is 4.34. The van der Waals surface area contributed by atoms with E-state index in [1.807, 2.05) is 6.07 Å². The molecule has 0 saturated heterocycles. The van der Waals surface area contributed by atoms with Gasteiger partial charge in [0.15, 0.2) is 0 Å². The number of hydrogen-bond donors (Lipinski definition) is 2. The molecule has 0 saturated carbocycles. The molecule has 21 heavy (non-hydrogen) atoms. The quantitative estimate of drug-likeness (QED) is 0.868. The van der Waals surface area contributed by atoms with Crippen LogP contribution in [0.4, 0.5) is 5.69 Å². The van der Waals surface area contributed by atoms with Crippen LogP contribution >= 0.6 is 15.9 Å². The van der Waals surface area contributed by atoms with Gasteiger partial charge >= 0.3 is 0 Å². The van der Waals surface area contributed by atoms with E-state index < -0.39 is 15.9 Å². The molecule has 3 N–H and O–H groups in total. The molecule has 5 nitrogen and oxygen atoms in total. The van der Waals surface area contributed by atoms with Crippen LogP contribution in [-0.4, -0.2) is 14.3 Å². The third-order valence-electron chi connectivity index (χ3n) is 2.88. The zero-order valence-corrected chi connectivity index (χ0v) is 13.5. The molecule has 0 radical (unpaired) electrons. The van der Waals surface area contributed by atoms with E-state index in [9.17, 15) is 13.2 Å². The minimum atomic E-state index is -3.71. The van der Waals surface area contributed by atoms with Gasteiger partial charge in [0.05, 0.1) is 10.6 Å². The van der Waals surface area contributed by atoms with Gasteiger partial charge in [-0.25, -0.2) is 8.42 Å². The molecule has 0 bridgehead atoms. The molecule has 0 aliphatic heterocycles. The van der Waals surface area contributed by atoms with Gasteiger partial charge in [-0.15, -0.1) is 0 Å². The molecule has 0 fully saturated rings. The van der Waals surface area contributed by atoms with Gasteiger partial charge in [-0.1, -0.05) is 15.9 Å². The highest BCUT2D eigenvalue weighted by Gasteiger charge is 2.15. The Morgan fingerprint density at radius 2 is 1.76 bits per heavy atom. The molecule has 1 amide bonds. The molecule has 2 aromatic carbocycles. The van der Waals surface area contributed by atoms with Gasteiger partial charge in [0, 0.05) is 10.0 Å². The van der Waals surface area contributed by atoms with Crippen LogP contribution in [0.2, 0.25) is 0 Å². The fourth-order valence-electron chi connectivity index (χ4n) is 1.74. The lowest BCUT2D eigenvalue weighted by molar-refractivity contribution is 0.1000. The predicted molar refractivity (Wildman–Crippen MR) is 84.6 cm³/mol. The summed E-state index contributed by atoms with van der Waals surface area (Å²) in [5.41, 5.74) is 6.67. The van der Waals surface area contributed by atoms with Crippen LogP contribution in [0.25, 0.3) is 0 Å². The maximum Gasteiger partial charge on any atom is 0.261 e. The summed E-state index contributed by atoms with van der Waals surface area (Å²) in [5.74, 6) is -0.601. The van der Waals surface area contributed by atoms with Gasteiger partial charge in [0.1, 0.15) is 0 Å². The maximum atomic E-state index is 12.3. The smallest absolute Gasteiger partial charge is 0.261 e. The van der Waals surface area contributed by atoms with Crippen molar-refractivity contribution in [1.29, 1.82) is 0 Å². The molecule has 2 rings (SSSR count). The molecule has 7 heteroatoms. The SMILES string of the molecule is Cc1cc(Br)ccc1NS(=O)(=O)c1ccc(C(N)=O)cc1. The van der Waals surface area contributed by atoms with Crippen molar-refractivity contribution >= 4 is 37.5 Å². The van der Waals surface area contributed by atoms with E-state index in [0.29, 0.717) is 5.69 Å². The Morgan fingerprint density at radius 1 is 1.14 bits per heavy atom. The van der Waals surface area contributed by atoms with Crippen LogP contribution in [0.3, 0.4) is 0 Å². The highest BCUT2D eigenvalue weighted by atomic mass is 79.9. The number of carbonyl (C=O) groups is 1. The summed E-state index contributed by atoms with van der Waals surface area (Å²) in [6.45, 7) is 1.80. The highest BCUT2D eigenvalue weighted by Crippen LogP contribution is 2.23. The second-order valence-corrected chi connectivity index (χ2v) is 7.05. The standard InChI is InChI=1S/C14H13BrN2O3S/c1-9-8-11(15)4-7-13(9)17-21(19,20)12-5-2-10(3-6-12)14(16)18/h2-8,17H,1H3,(H2,16,18). The van der Waals surface area contributed by atoms with Crippen molar-refractivity contribution in [3.05, 3.63) is 58.1 Å². The van der Waals surface area contributed by atoms with Crippen LogP contribution in [0.15, 0.2) is 51.8 Å². The third kappa shape index (κ3) is 3.62. The topological polar surface area (TPSA) is 89.3 Å². The van der Waals surface area contributed by atoms with Crippen LogP contribution < -0.4 is 10.5 Å². The van der Waals surface area contributed by atoms with Crippen molar-refractivity contribution in [1.82, 2.24) is 0 Å². The van der Waals surface area contributed by atoms with Crippen LogP contribution in [0, 0.1) is 6.92 Å². The minimum Gasteiger partial charge on any atom is -0.366 e. The van der Waals surface area contributed by atoms with Gasteiger partial charge in [-0.3, -0.25) is 9.52 Å². The molecule has 0 unspecified atom stereocenters. The second kappa shape index (κ2) is 5.87. The van der Waals surface area contributed by atoms with Crippen molar-refractivity contribution in [3.8, 4) is 0 Å². The molecule has 0 heterocycles. The van der Waals surface area contributed by atoms with Gasteiger partial charge in [-0.05, 0) is 55.0 Å². The minimum absolute atomic E-state index is 0.0646. The van der Waals surface area contributed by atoms with E-state index >= 15 is 0 Å². The monoisotopic (exact) mass is 368 g/mol. The number of anilines is 1. The zero-order valence-electron chi connectivity index (χ0n) is 11.1. The number of benzene rings is 2. The first kappa shape index (κ1) is 15.5. The van der Waals surface area contributed by atoms with E-state index in [1.54, 1.807) is 19.1 Å². The predicted octanol–water partition coefficient (Wildman–Crippen LogP) is 2.66. The van der Waals surface area contributed by atoms with Crippen LogP contribution in [0.5, 0.6) is 0 Å². The van der Waals surface area contributed by atoms with Crippen LogP contribution in [-0.2, 0) is 10.0 Å². The number of nitrogens with two attached hydrogens (primary N) is 1. The molecule has 110 valence electrons. The number of nitrogens with one attached hydrogen (secondary N) is 1. The first-order chi connectivity index (χ1) is 9.79. The summed E-state index contributed by atoms with van der Waals surface area (Å²) in [5, 5.41) is 0. The van der Waals surface area contributed by atoms with E-state index in [1.165, 1.54) is 24.3 Å². The zero-order chi connectivity index (χ0) is 15.6. The Labute approximate surface area is 131 Å². The third-order valence-corrected chi connectivity index (χ3v) is 4.76. The molecular formula is C14H13BrN2O3S. The van der Waals surface area contributed by atoms with Crippen molar-refractivity contribution in [2.45, 2.75) is 11.8 Å². The molecule has 0 aliphatic carbocycles. The fraction of sp³-hybridized carbons (Fsp3) is 0.0714. The van der Waals surface area contributed by atoms with E-state index in [2.05, 4.69) is 20.7 Å². The van der Waals surface area contributed by atoms with Gasteiger partial charge < -0.3 is 5.73 Å². The summed E-state index contributed by atoms with van der Waals surface area (Å²) in [6.07, 6.45) is 0. The molecule has 0 spiro atoms.